The lowest BCUT2D eigenvalue weighted by molar-refractivity contribution is 1.48. The fourth-order valence-electron chi connectivity index (χ4n) is 1.36. The molecule has 0 bridgehead atoms. The van der Waals surface area contributed by atoms with E-state index in [-0.39, 0.29) is 0 Å². The zero-order valence-electron chi connectivity index (χ0n) is 12.2. The molecule has 1 aromatic carbocycles. The van der Waals surface area contributed by atoms with Crippen molar-refractivity contribution in [1.29, 1.82) is 0 Å². The molecule has 1 rings (SSSR count). The Morgan fingerprint density at radius 1 is 0.900 bits per heavy atom. The molecule has 0 unspecified atom stereocenters. The summed E-state index contributed by atoms with van der Waals surface area (Å²) in [5.41, 5.74) is 3.62. The Bertz CT molecular complexity index is 504. The summed E-state index contributed by atoms with van der Waals surface area (Å²) in [6.07, 6.45) is 7.67. The molecule has 0 aromatic heterocycles. The third-order valence-electron chi connectivity index (χ3n) is 2.34. The zero-order chi connectivity index (χ0) is 15.4. The molecule has 0 amide bonds. The molecule has 1 nitrogen and oxygen atoms in total. The van der Waals surface area contributed by atoms with Gasteiger partial charge < -0.3 is 5.32 Å². The highest BCUT2D eigenvalue weighted by atomic mass is 14.9. The molecule has 0 saturated heterocycles. The number of allylic oxidation sites excluding steroid dienone is 6. The third-order valence-corrected chi connectivity index (χ3v) is 2.34. The molecule has 0 aliphatic rings. The van der Waals surface area contributed by atoms with Gasteiger partial charge in [-0.1, -0.05) is 56.2 Å². The third kappa shape index (κ3) is 7.02. The van der Waals surface area contributed by atoms with E-state index in [1.165, 1.54) is 0 Å². The Morgan fingerprint density at radius 2 is 1.45 bits per heavy atom. The molecular formula is C19H23N. The van der Waals surface area contributed by atoms with Gasteiger partial charge in [0.1, 0.15) is 0 Å². The Kier molecular flexibility index (Phi) is 9.07. The second kappa shape index (κ2) is 10.4. The zero-order valence-corrected chi connectivity index (χ0v) is 12.2. The van der Waals surface area contributed by atoms with Gasteiger partial charge in [0.05, 0.1) is 0 Å². The first-order valence-corrected chi connectivity index (χ1v) is 6.33. The van der Waals surface area contributed by atoms with Crippen LogP contribution in [0.2, 0.25) is 0 Å². The summed E-state index contributed by atoms with van der Waals surface area (Å²) in [6, 6.07) is 9.92. The van der Waals surface area contributed by atoms with Crippen molar-refractivity contribution in [2.24, 2.45) is 0 Å². The van der Waals surface area contributed by atoms with Crippen LogP contribution in [0.25, 0.3) is 0 Å². The number of hydrogen-bond acceptors (Lipinski definition) is 1. The van der Waals surface area contributed by atoms with Crippen LogP contribution < -0.4 is 5.32 Å². The molecule has 1 heteroatoms. The lowest BCUT2D eigenvalue weighted by Gasteiger charge is -2.05. The second-order valence-corrected chi connectivity index (χ2v) is 3.90. The predicted octanol–water partition coefficient (Wildman–Crippen LogP) is 5.66. The van der Waals surface area contributed by atoms with Crippen LogP contribution in [0, 0.1) is 0 Å². The summed E-state index contributed by atoms with van der Waals surface area (Å²) in [5, 5.41) is 3.20. The molecular weight excluding hydrogens is 242 g/mol. The van der Waals surface area contributed by atoms with Gasteiger partial charge in [0, 0.05) is 11.4 Å². The van der Waals surface area contributed by atoms with E-state index >= 15 is 0 Å². The van der Waals surface area contributed by atoms with Gasteiger partial charge in [-0.25, -0.2) is 0 Å². The number of benzene rings is 1. The van der Waals surface area contributed by atoms with Gasteiger partial charge in [-0.3, -0.25) is 0 Å². The van der Waals surface area contributed by atoms with E-state index in [0.29, 0.717) is 0 Å². The van der Waals surface area contributed by atoms with Crippen LogP contribution in [-0.2, 0) is 0 Å². The molecule has 0 spiro atoms. The summed E-state index contributed by atoms with van der Waals surface area (Å²) in [4.78, 5) is 0. The van der Waals surface area contributed by atoms with E-state index < -0.39 is 0 Å². The van der Waals surface area contributed by atoms with E-state index in [9.17, 15) is 0 Å². The minimum absolute atomic E-state index is 0.815. The smallest absolute Gasteiger partial charge is 0.0384 e. The Morgan fingerprint density at radius 3 is 2.00 bits per heavy atom. The molecule has 0 aliphatic heterocycles. The molecule has 0 saturated carbocycles. The highest BCUT2D eigenvalue weighted by Gasteiger charge is 1.93. The van der Waals surface area contributed by atoms with Crippen LogP contribution >= 0.6 is 0 Å². The summed E-state index contributed by atoms with van der Waals surface area (Å²) in [5.74, 6) is 0. The Hall–Kier alpha value is -2.54. The molecule has 0 atom stereocenters. The normalized spacial score (nSPS) is 9.85. The van der Waals surface area contributed by atoms with Crippen LogP contribution in [0.4, 0.5) is 5.69 Å². The Labute approximate surface area is 123 Å². The van der Waals surface area contributed by atoms with Crippen molar-refractivity contribution in [3.05, 3.63) is 104 Å². The quantitative estimate of drug-likeness (QED) is 0.517. The molecule has 0 fully saturated rings. The summed E-state index contributed by atoms with van der Waals surface area (Å²) >= 11 is 0. The van der Waals surface area contributed by atoms with Crippen LogP contribution in [0.1, 0.15) is 6.92 Å². The fraction of sp³-hybridized carbons (Fsp3) is 0.0526. The largest absolute Gasteiger partial charge is 0.356 e. The maximum Gasteiger partial charge on any atom is 0.0384 e. The molecule has 104 valence electrons. The number of nitrogens with one attached hydrogen (secondary N) is 1. The van der Waals surface area contributed by atoms with Gasteiger partial charge in [0.15, 0.2) is 0 Å². The van der Waals surface area contributed by atoms with Crippen LogP contribution in [-0.4, -0.2) is 0 Å². The van der Waals surface area contributed by atoms with Crippen molar-refractivity contribution in [1.82, 2.24) is 0 Å². The fourth-order valence-corrected chi connectivity index (χ4v) is 1.36. The lowest BCUT2D eigenvalue weighted by Crippen LogP contribution is -1.94. The molecule has 1 N–H and O–H groups in total. The highest BCUT2D eigenvalue weighted by molar-refractivity contribution is 5.51. The number of rotatable bonds is 6. The average molecular weight is 265 g/mol. The van der Waals surface area contributed by atoms with Gasteiger partial charge in [-0.05, 0) is 36.3 Å². The van der Waals surface area contributed by atoms with Crippen LogP contribution in [0.5, 0.6) is 0 Å². The van der Waals surface area contributed by atoms with Crippen molar-refractivity contribution in [3.63, 3.8) is 0 Å². The van der Waals surface area contributed by atoms with Crippen molar-refractivity contribution in [2.45, 2.75) is 6.92 Å². The monoisotopic (exact) mass is 265 g/mol. The maximum atomic E-state index is 3.95. The maximum absolute atomic E-state index is 3.95. The number of para-hydroxylation sites is 1. The van der Waals surface area contributed by atoms with E-state index in [0.717, 1.165) is 22.5 Å². The first-order valence-electron chi connectivity index (χ1n) is 6.33. The molecule has 0 aliphatic carbocycles. The predicted molar refractivity (Wildman–Crippen MR) is 92.7 cm³/mol. The van der Waals surface area contributed by atoms with Crippen molar-refractivity contribution in [2.75, 3.05) is 5.32 Å². The van der Waals surface area contributed by atoms with Crippen molar-refractivity contribution < 1.29 is 0 Å². The van der Waals surface area contributed by atoms with Crippen LogP contribution in [0.15, 0.2) is 104 Å². The summed E-state index contributed by atoms with van der Waals surface area (Å²) < 4.78 is 0. The topological polar surface area (TPSA) is 12.0 Å². The molecule has 20 heavy (non-hydrogen) atoms. The molecule has 0 radical (unpaired) electrons. The van der Waals surface area contributed by atoms with E-state index in [1.54, 1.807) is 0 Å². The van der Waals surface area contributed by atoms with Gasteiger partial charge in [0.25, 0.3) is 0 Å². The van der Waals surface area contributed by atoms with Gasteiger partial charge in [-0.15, -0.1) is 13.2 Å². The molecule has 0 heterocycles. The van der Waals surface area contributed by atoms with E-state index in [1.807, 2.05) is 61.6 Å². The number of hydrogen-bond donors (Lipinski definition) is 1. The average Bonchev–Trinajstić information content (AvgIpc) is 2.48. The lowest BCUT2D eigenvalue weighted by atomic mass is 10.1. The standard InChI is InChI=1S/C17H19N.C2H4/c1-5-9-14(2)15(3)12-13-16(4)18-17-10-7-6-8-11-17;1-2/h5-13,18H,2-4H2,1H3;1-2H2/b9-5-,13-12-;. The van der Waals surface area contributed by atoms with E-state index in [4.69, 9.17) is 0 Å². The number of anilines is 1. The van der Waals surface area contributed by atoms with Crippen LogP contribution in [0.3, 0.4) is 0 Å². The highest BCUT2D eigenvalue weighted by Crippen LogP contribution is 2.12. The minimum atomic E-state index is 0.815. The Balaban J connectivity index is 0.00000172. The SMILES string of the molecule is C=C.C=C(/C=C\C(=C)C(=C)/C=C\C)Nc1ccccc1. The van der Waals surface area contributed by atoms with Gasteiger partial charge in [-0.2, -0.15) is 0 Å². The van der Waals surface area contributed by atoms with Crippen molar-refractivity contribution in [3.8, 4) is 0 Å². The van der Waals surface area contributed by atoms with Gasteiger partial charge >= 0.3 is 0 Å². The van der Waals surface area contributed by atoms with Gasteiger partial charge in [0.2, 0.25) is 0 Å². The first-order chi connectivity index (χ1) is 9.63. The van der Waals surface area contributed by atoms with E-state index in [2.05, 4.69) is 38.2 Å². The summed E-state index contributed by atoms with van der Waals surface area (Å²) in [7, 11) is 0. The minimum Gasteiger partial charge on any atom is -0.356 e. The second-order valence-electron chi connectivity index (χ2n) is 3.90. The molecule has 1 aromatic rings. The summed E-state index contributed by atoms with van der Waals surface area (Å²) in [6.45, 7) is 19.8. The van der Waals surface area contributed by atoms with Crippen molar-refractivity contribution >= 4 is 5.69 Å². The first kappa shape index (κ1) is 17.5.